The Bertz CT molecular complexity index is 399. The minimum Gasteiger partial charge on any atom is -0.434 e. The van der Waals surface area contributed by atoms with Crippen molar-refractivity contribution in [2.75, 3.05) is 6.61 Å². The van der Waals surface area contributed by atoms with Crippen molar-refractivity contribution < 1.29 is 28.5 Å². The highest BCUT2D eigenvalue weighted by atomic mass is 16.7. The summed E-state index contributed by atoms with van der Waals surface area (Å²) in [5, 5.41) is 0. The molecule has 0 spiro atoms. The van der Waals surface area contributed by atoms with Gasteiger partial charge in [0.2, 0.25) is 0 Å². The van der Waals surface area contributed by atoms with Gasteiger partial charge in [0.1, 0.15) is 12.2 Å². The van der Waals surface area contributed by atoms with Crippen molar-refractivity contribution in [3.8, 4) is 0 Å². The Morgan fingerprint density at radius 3 is 1.88 bits per heavy atom. The van der Waals surface area contributed by atoms with Gasteiger partial charge >= 0.3 is 12.3 Å². The third-order valence-corrected chi connectivity index (χ3v) is 4.37. The molecule has 0 aromatic carbocycles. The lowest BCUT2D eigenvalue weighted by molar-refractivity contribution is -0.0326. The van der Waals surface area contributed by atoms with Crippen LogP contribution in [0.1, 0.15) is 85.5 Å². The second-order valence-electron chi connectivity index (χ2n) is 7.75. The molecule has 1 saturated carbocycles. The SMILES string of the molecule is CC(C)CCCCCCOC(=O)OC1CCC(OC(=O)OC(C)C)CC1. The highest BCUT2D eigenvalue weighted by molar-refractivity contribution is 5.60. The molecular formula is C20H36O6. The predicted octanol–water partition coefficient (Wildman–Crippen LogP) is 5.62. The van der Waals surface area contributed by atoms with E-state index >= 15 is 0 Å². The molecule has 0 aromatic rings. The van der Waals surface area contributed by atoms with E-state index in [0.29, 0.717) is 32.3 Å². The average Bonchev–Trinajstić information content (AvgIpc) is 2.54. The van der Waals surface area contributed by atoms with Crippen LogP contribution in [0, 0.1) is 5.92 Å². The number of ether oxygens (including phenoxy) is 4. The van der Waals surface area contributed by atoms with Gasteiger partial charge in [-0.3, -0.25) is 0 Å². The van der Waals surface area contributed by atoms with E-state index in [2.05, 4.69) is 13.8 Å². The molecular weight excluding hydrogens is 336 g/mol. The quantitative estimate of drug-likeness (QED) is 0.366. The van der Waals surface area contributed by atoms with Crippen LogP contribution in [0.3, 0.4) is 0 Å². The molecule has 0 heterocycles. The first-order valence-electron chi connectivity index (χ1n) is 10.1. The van der Waals surface area contributed by atoms with Gasteiger partial charge in [-0.1, -0.05) is 39.5 Å². The van der Waals surface area contributed by atoms with Gasteiger partial charge in [0.05, 0.1) is 12.7 Å². The molecule has 1 rings (SSSR count). The summed E-state index contributed by atoms with van der Waals surface area (Å²) in [6, 6.07) is 0. The standard InChI is InChI=1S/C20H36O6/c1-15(2)9-7-5-6-8-14-23-19(21)25-17-10-12-18(13-11-17)26-20(22)24-16(3)4/h15-18H,5-14H2,1-4H3. The number of carbonyl (C=O) groups is 2. The molecule has 0 N–H and O–H groups in total. The number of rotatable bonds is 10. The summed E-state index contributed by atoms with van der Waals surface area (Å²) in [6.07, 6.45) is 6.58. The summed E-state index contributed by atoms with van der Waals surface area (Å²) in [5.74, 6) is 0.752. The van der Waals surface area contributed by atoms with Crippen LogP contribution in [-0.4, -0.2) is 37.2 Å². The van der Waals surface area contributed by atoms with E-state index in [9.17, 15) is 9.59 Å². The molecule has 1 aliphatic carbocycles. The van der Waals surface area contributed by atoms with Crippen molar-refractivity contribution in [1.82, 2.24) is 0 Å². The molecule has 0 aliphatic heterocycles. The van der Waals surface area contributed by atoms with Crippen LogP contribution in [0.4, 0.5) is 9.59 Å². The molecule has 0 saturated heterocycles. The zero-order chi connectivity index (χ0) is 19.4. The second kappa shape index (κ2) is 12.8. The molecule has 0 aromatic heterocycles. The first-order valence-corrected chi connectivity index (χ1v) is 10.1. The Morgan fingerprint density at radius 2 is 1.35 bits per heavy atom. The lowest BCUT2D eigenvalue weighted by atomic mass is 9.95. The van der Waals surface area contributed by atoms with E-state index in [-0.39, 0.29) is 18.3 Å². The molecule has 0 bridgehead atoms. The molecule has 0 amide bonds. The van der Waals surface area contributed by atoms with E-state index in [4.69, 9.17) is 18.9 Å². The molecule has 152 valence electrons. The van der Waals surface area contributed by atoms with Gasteiger partial charge in [-0.05, 0) is 51.9 Å². The van der Waals surface area contributed by atoms with Crippen LogP contribution in [-0.2, 0) is 18.9 Å². The first kappa shape index (κ1) is 22.6. The Kier molecular flexibility index (Phi) is 11.1. The van der Waals surface area contributed by atoms with Gasteiger partial charge in [0.15, 0.2) is 0 Å². The van der Waals surface area contributed by atoms with E-state index in [0.717, 1.165) is 18.8 Å². The molecule has 1 aliphatic rings. The number of unbranched alkanes of at least 4 members (excludes halogenated alkanes) is 3. The van der Waals surface area contributed by atoms with E-state index in [1.807, 2.05) is 0 Å². The third-order valence-electron chi connectivity index (χ3n) is 4.37. The van der Waals surface area contributed by atoms with E-state index in [1.54, 1.807) is 13.8 Å². The maximum Gasteiger partial charge on any atom is 0.508 e. The minimum atomic E-state index is -0.628. The predicted molar refractivity (Wildman–Crippen MR) is 99.1 cm³/mol. The average molecular weight is 373 g/mol. The smallest absolute Gasteiger partial charge is 0.434 e. The van der Waals surface area contributed by atoms with Crippen LogP contribution in [0.25, 0.3) is 0 Å². The van der Waals surface area contributed by atoms with Gasteiger partial charge in [0, 0.05) is 0 Å². The zero-order valence-corrected chi connectivity index (χ0v) is 16.8. The van der Waals surface area contributed by atoms with Crippen molar-refractivity contribution in [3.63, 3.8) is 0 Å². The van der Waals surface area contributed by atoms with Crippen LogP contribution in [0.5, 0.6) is 0 Å². The summed E-state index contributed by atoms with van der Waals surface area (Å²) in [5.41, 5.74) is 0. The Balaban J connectivity index is 2.04. The van der Waals surface area contributed by atoms with Crippen LogP contribution < -0.4 is 0 Å². The van der Waals surface area contributed by atoms with Gasteiger partial charge in [0.25, 0.3) is 0 Å². The third kappa shape index (κ3) is 11.2. The Hall–Kier alpha value is -1.46. The van der Waals surface area contributed by atoms with Crippen molar-refractivity contribution in [3.05, 3.63) is 0 Å². The molecule has 1 fully saturated rings. The fourth-order valence-electron chi connectivity index (χ4n) is 2.96. The highest BCUT2D eigenvalue weighted by Gasteiger charge is 2.27. The maximum atomic E-state index is 11.7. The number of carbonyl (C=O) groups excluding carboxylic acids is 2. The summed E-state index contributed by atoms with van der Waals surface area (Å²) < 4.78 is 20.7. The van der Waals surface area contributed by atoms with Crippen LogP contribution in [0.2, 0.25) is 0 Å². The van der Waals surface area contributed by atoms with Crippen molar-refractivity contribution in [2.24, 2.45) is 5.92 Å². The van der Waals surface area contributed by atoms with Crippen molar-refractivity contribution >= 4 is 12.3 Å². The summed E-state index contributed by atoms with van der Waals surface area (Å²) in [4.78, 5) is 23.2. The lowest BCUT2D eigenvalue weighted by Gasteiger charge is -2.27. The topological polar surface area (TPSA) is 71.1 Å². The zero-order valence-electron chi connectivity index (χ0n) is 16.8. The van der Waals surface area contributed by atoms with Crippen molar-refractivity contribution in [2.45, 2.75) is 104 Å². The molecule has 0 unspecified atom stereocenters. The van der Waals surface area contributed by atoms with E-state index in [1.165, 1.54) is 19.3 Å². The molecule has 6 nitrogen and oxygen atoms in total. The first-order chi connectivity index (χ1) is 12.4. The molecule has 26 heavy (non-hydrogen) atoms. The summed E-state index contributed by atoms with van der Waals surface area (Å²) >= 11 is 0. The van der Waals surface area contributed by atoms with Crippen LogP contribution >= 0.6 is 0 Å². The molecule has 6 heteroatoms. The fourth-order valence-corrected chi connectivity index (χ4v) is 2.96. The van der Waals surface area contributed by atoms with E-state index < -0.39 is 12.3 Å². The fraction of sp³-hybridized carbons (Fsp3) is 0.900. The van der Waals surface area contributed by atoms with Crippen LogP contribution in [0.15, 0.2) is 0 Å². The number of hydrogen-bond donors (Lipinski definition) is 0. The van der Waals surface area contributed by atoms with Gasteiger partial charge in [-0.25, -0.2) is 9.59 Å². The number of hydrogen-bond acceptors (Lipinski definition) is 6. The Morgan fingerprint density at radius 1 is 0.808 bits per heavy atom. The van der Waals surface area contributed by atoms with Gasteiger partial charge < -0.3 is 18.9 Å². The monoisotopic (exact) mass is 372 g/mol. The highest BCUT2D eigenvalue weighted by Crippen LogP contribution is 2.24. The summed E-state index contributed by atoms with van der Waals surface area (Å²) in [6.45, 7) is 8.44. The van der Waals surface area contributed by atoms with Gasteiger partial charge in [-0.2, -0.15) is 0 Å². The normalized spacial score (nSPS) is 20.1. The summed E-state index contributed by atoms with van der Waals surface area (Å²) in [7, 11) is 0. The maximum absolute atomic E-state index is 11.7. The second-order valence-corrected chi connectivity index (χ2v) is 7.75. The van der Waals surface area contributed by atoms with Gasteiger partial charge in [-0.15, -0.1) is 0 Å². The minimum absolute atomic E-state index is 0.158. The Labute approximate surface area is 157 Å². The molecule has 0 atom stereocenters. The molecule has 0 radical (unpaired) electrons. The van der Waals surface area contributed by atoms with Crippen molar-refractivity contribution in [1.29, 1.82) is 0 Å². The lowest BCUT2D eigenvalue weighted by Crippen LogP contribution is -2.30. The largest absolute Gasteiger partial charge is 0.508 e.